The van der Waals surface area contributed by atoms with Crippen LogP contribution < -0.4 is 0 Å². The van der Waals surface area contributed by atoms with Gasteiger partial charge in [-0.25, -0.2) is 0 Å². The zero-order valence-electron chi connectivity index (χ0n) is 8.59. The molecule has 2 atom stereocenters. The first kappa shape index (κ1) is 9.67. The molecule has 1 aliphatic rings. The van der Waals surface area contributed by atoms with Gasteiger partial charge in [-0.1, -0.05) is 37.3 Å². The summed E-state index contributed by atoms with van der Waals surface area (Å²) >= 11 is 0. The molecule has 0 saturated heterocycles. The highest BCUT2D eigenvalue weighted by Gasteiger charge is 2.35. The molecular weight excluding hydrogens is 184 g/mol. The van der Waals surface area contributed by atoms with Gasteiger partial charge in [-0.2, -0.15) is 5.26 Å². The summed E-state index contributed by atoms with van der Waals surface area (Å²) in [7, 11) is 0. The molecule has 2 unspecified atom stereocenters. The third-order valence-electron chi connectivity index (χ3n) is 2.91. The molecule has 15 heavy (non-hydrogen) atoms. The Hall–Kier alpha value is -1.88. The minimum atomic E-state index is -0.553. The van der Waals surface area contributed by atoms with Gasteiger partial charge in [0.1, 0.15) is 5.41 Å². The molecule has 2 rings (SSSR count). The van der Waals surface area contributed by atoms with Crippen molar-refractivity contribution in [3.8, 4) is 6.07 Å². The first-order valence-corrected chi connectivity index (χ1v) is 4.97. The molecule has 1 aliphatic carbocycles. The third-order valence-corrected chi connectivity index (χ3v) is 2.91. The van der Waals surface area contributed by atoms with E-state index < -0.39 is 5.41 Å². The lowest BCUT2D eigenvalue weighted by Gasteiger charge is -2.29. The number of hydrogen-bond acceptors (Lipinski definition) is 2. The fourth-order valence-electron chi connectivity index (χ4n) is 1.91. The van der Waals surface area contributed by atoms with E-state index in [1.165, 1.54) is 0 Å². The average molecular weight is 196 g/mol. The molecule has 0 N–H and O–H groups in total. The predicted octanol–water partition coefficient (Wildman–Crippen LogP) is 2.61. The van der Waals surface area contributed by atoms with Gasteiger partial charge < -0.3 is 0 Å². The third kappa shape index (κ3) is 1.46. The second-order valence-electron chi connectivity index (χ2n) is 3.76. The van der Waals surface area contributed by atoms with Gasteiger partial charge in [-0.3, -0.25) is 4.98 Å². The molecule has 1 aromatic heterocycles. The molecular formula is C13H12N2. The van der Waals surface area contributed by atoms with Crippen LogP contribution in [0.25, 0.3) is 0 Å². The number of pyridine rings is 1. The first-order valence-electron chi connectivity index (χ1n) is 4.97. The van der Waals surface area contributed by atoms with E-state index in [4.69, 9.17) is 0 Å². The molecule has 1 heterocycles. The van der Waals surface area contributed by atoms with Crippen LogP contribution in [0.4, 0.5) is 0 Å². The van der Waals surface area contributed by atoms with Crippen LogP contribution >= 0.6 is 0 Å². The standard InChI is InChI=1S/C13H12N2/c1-11-5-2-3-7-13(11,10-14)12-6-4-8-15-9-12/h2-9,11H,1H3. The van der Waals surface area contributed by atoms with Gasteiger partial charge in [0.05, 0.1) is 6.07 Å². The van der Waals surface area contributed by atoms with Gasteiger partial charge in [-0.05, 0) is 11.6 Å². The summed E-state index contributed by atoms with van der Waals surface area (Å²) in [5.74, 6) is 0.177. The number of nitrogens with zero attached hydrogens (tertiary/aromatic N) is 2. The lowest BCUT2D eigenvalue weighted by molar-refractivity contribution is 0.521. The van der Waals surface area contributed by atoms with Crippen molar-refractivity contribution in [3.05, 3.63) is 54.4 Å². The van der Waals surface area contributed by atoms with Gasteiger partial charge >= 0.3 is 0 Å². The van der Waals surface area contributed by atoms with Crippen LogP contribution in [0.3, 0.4) is 0 Å². The number of rotatable bonds is 1. The molecule has 0 spiro atoms. The molecule has 0 amide bonds. The van der Waals surface area contributed by atoms with Gasteiger partial charge in [0.25, 0.3) is 0 Å². The van der Waals surface area contributed by atoms with Crippen molar-refractivity contribution in [2.24, 2.45) is 5.92 Å². The summed E-state index contributed by atoms with van der Waals surface area (Å²) in [6.45, 7) is 2.05. The van der Waals surface area contributed by atoms with E-state index in [9.17, 15) is 5.26 Å². The molecule has 2 nitrogen and oxygen atoms in total. The smallest absolute Gasteiger partial charge is 0.108 e. The van der Waals surface area contributed by atoms with Crippen LogP contribution in [0.1, 0.15) is 12.5 Å². The van der Waals surface area contributed by atoms with Crippen LogP contribution in [0.15, 0.2) is 48.8 Å². The highest BCUT2D eigenvalue weighted by Crippen LogP contribution is 2.35. The average Bonchev–Trinajstić information content (AvgIpc) is 2.31. The second kappa shape index (κ2) is 3.70. The van der Waals surface area contributed by atoms with E-state index in [0.717, 1.165) is 5.56 Å². The molecule has 0 saturated carbocycles. The minimum absolute atomic E-state index is 0.177. The highest BCUT2D eigenvalue weighted by atomic mass is 14.6. The van der Waals surface area contributed by atoms with E-state index in [-0.39, 0.29) is 5.92 Å². The summed E-state index contributed by atoms with van der Waals surface area (Å²) in [5.41, 5.74) is 0.406. The maximum Gasteiger partial charge on any atom is 0.108 e. The number of nitriles is 1. The van der Waals surface area contributed by atoms with Crippen molar-refractivity contribution in [1.82, 2.24) is 4.98 Å². The van der Waals surface area contributed by atoms with Gasteiger partial charge in [0, 0.05) is 18.3 Å². The molecule has 2 heteroatoms. The van der Waals surface area contributed by atoms with E-state index in [2.05, 4.69) is 24.1 Å². The molecule has 0 aromatic carbocycles. The Morgan fingerprint density at radius 2 is 2.33 bits per heavy atom. The van der Waals surface area contributed by atoms with Crippen molar-refractivity contribution >= 4 is 0 Å². The largest absolute Gasteiger partial charge is 0.264 e. The predicted molar refractivity (Wildman–Crippen MR) is 59.0 cm³/mol. The van der Waals surface area contributed by atoms with Crippen molar-refractivity contribution in [2.45, 2.75) is 12.3 Å². The van der Waals surface area contributed by atoms with Crippen LogP contribution in [0.5, 0.6) is 0 Å². The second-order valence-corrected chi connectivity index (χ2v) is 3.76. The summed E-state index contributed by atoms with van der Waals surface area (Å²) in [6.07, 6.45) is 11.4. The summed E-state index contributed by atoms with van der Waals surface area (Å²) in [6, 6.07) is 6.23. The van der Waals surface area contributed by atoms with E-state index in [1.54, 1.807) is 12.4 Å². The highest BCUT2D eigenvalue weighted by molar-refractivity contribution is 5.42. The Bertz CT molecular complexity index is 439. The number of hydrogen-bond donors (Lipinski definition) is 0. The molecule has 1 aromatic rings. The molecule has 0 radical (unpaired) electrons. The van der Waals surface area contributed by atoms with Crippen LogP contribution in [-0.2, 0) is 5.41 Å². The quantitative estimate of drug-likeness (QED) is 0.692. The summed E-state index contributed by atoms with van der Waals surface area (Å²) in [4.78, 5) is 4.08. The van der Waals surface area contributed by atoms with Gasteiger partial charge in [0.2, 0.25) is 0 Å². The first-order chi connectivity index (χ1) is 7.29. The fourth-order valence-corrected chi connectivity index (χ4v) is 1.91. The van der Waals surface area contributed by atoms with E-state index >= 15 is 0 Å². The number of aromatic nitrogens is 1. The fraction of sp³-hybridized carbons (Fsp3) is 0.231. The molecule has 0 aliphatic heterocycles. The van der Waals surface area contributed by atoms with Crippen LogP contribution in [-0.4, -0.2) is 4.98 Å². The summed E-state index contributed by atoms with van der Waals surface area (Å²) < 4.78 is 0. The van der Waals surface area contributed by atoms with E-state index in [0.29, 0.717) is 0 Å². The minimum Gasteiger partial charge on any atom is -0.264 e. The Morgan fingerprint density at radius 1 is 1.47 bits per heavy atom. The normalized spacial score (nSPS) is 28.7. The lowest BCUT2D eigenvalue weighted by Crippen LogP contribution is -2.30. The van der Waals surface area contributed by atoms with Crippen LogP contribution in [0.2, 0.25) is 0 Å². The Kier molecular flexibility index (Phi) is 2.39. The van der Waals surface area contributed by atoms with Crippen molar-refractivity contribution in [3.63, 3.8) is 0 Å². The van der Waals surface area contributed by atoms with Gasteiger partial charge in [0.15, 0.2) is 0 Å². The van der Waals surface area contributed by atoms with E-state index in [1.807, 2.05) is 30.4 Å². The number of allylic oxidation sites excluding steroid dienone is 4. The van der Waals surface area contributed by atoms with Crippen LogP contribution in [0, 0.1) is 17.2 Å². The SMILES string of the molecule is CC1C=CC=CC1(C#N)c1cccnc1. The Balaban J connectivity index is 2.53. The van der Waals surface area contributed by atoms with Gasteiger partial charge in [-0.15, -0.1) is 0 Å². The van der Waals surface area contributed by atoms with Crippen molar-refractivity contribution in [2.75, 3.05) is 0 Å². The Morgan fingerprint density at radius 3 is 2.93 bits per heavy atom. The Labute approximate surface area is 89.6 Å². The monoisotopic (exact) mass is 196 g/mol. The molecule has 74 valence electrons. The zero-order valence-corrected chi connectivity index (χ0v) is 8.59. The topological polar surface area (TPSA) is 36.7 Å². The molecule has 0 bridgehead atoms. The maximum atomic E-state index is 9.40. The maximum absolute atomic E-state index is 9.40. The summed E-state index contributed by atoms with van der Waals surface area (Å²) in [5, 5.41) is 9.40. The van der Waals surface area contributed by atoms with Crippen molar-refractivity contribution < 1.29 is 0 Å². The zero-order chi connectivity index (χ0) is 10.7. The molecule has 0 fully saturated rings. The van der Waals surface area contributed by atoms with Crippen molar-refractivity contribution in [1.29, 1.82) is 5.26 Å². The lowest BCUT2D eigenvalue weighted by atomic mass is 9.70.